The first kappa shape index (κ1) is 8.71. The lowest BCUT2D eigenvalue weighted by Crippen LogP contribution is -2.23. The van der Waals surface area contributed by atoms with Crippen molar-refractivity contribution in [2.45, 2.75) is 19.6 Å². The molecule has 1 aromatic rings. The highest BCUT2D eigenvalue weighted by atomic mass is 32.1. The third kappa shape index (κ3) is 3.51. The van der Waals surface area contributed by atoms with Crippen LogP contribution in [0, 0.1) is 0 Å². The van der Waals surface area contributed by atoms with Crippen molar-refractivity contribution in [3.05, 3.63) is 22.4 Å². The molecule has 0 amide bonds. The Hall–Kier alpha value is -0.380. The topological polar surface area (TPSA) is 32.3 Å². The van der Waals surface area contributed by atoms with Crippen LogP contribution in [-0.2, 0) is 6.54 Å². The Kier molecular flexibility index (Phi) is 3.56. The van der Waals surface area contributed by atoms with Crippen LogP contribution in [0.3, 0.4) is 0 Å². The first-order valence-electron chi connectivity index (χ1n) is 3.69. The summed E-state index contributed by atoms with van der Waals surface area (Å²) in [6.45, 7) is 3.30. The van der Waals surface area contributed by atoms with Gasteiger partial charge in [0, 0.05) is 13.1 Å². The number of nitrogens with one attached hydrogen (secondary N) is 1. The Labute approximate surface area is 70.9 Å². The van der Waals surface area contributed by atoms with E-state index < -0.39 is 0 Å². The predicted octanol–water partition coefficient (Wildman–Crippen LogP) is 1.22. The maximum atomic E-state index is 8.92. The van der Waals surface area contributed by atoms with Crippen LogP contribution in [0.2, 0.25) is 0 Å². The zero-order valence-electron chi connectivity index (χ0n) is 6.58. The highest BCUT2D eigenvalue weighted by molar-refractivity contribution is 7.07. The van der Waals surface area contributed by atoms with Gasteiger partial charge in [0.15, 0.2) is 0 Å². The molecule has 0 fully saturated rings. The third-order valence-electron chi connectivity index (χ3n) is 1.35. The molecule has 1 atom stereocenters. The number of aliphatic hydroxyl groups excluding tert-OH is 1. The Bertz CT molecular complexity index is 184. The monoisotopic (exact) mass is 171 g/mol. The van der Waals surface area contributed by atoms with Crippen molar-refractivity contribution in [2.75, 3.05) is 6.54 Å². The second-order valence-electron chi connectivity index (χ2n) is 2.61. The number of aliphatic hydroxyl groups is 1. The van der Waals surface area contributed by atoms with Gasteiger partial charge in [-0.05, 0) is 29.3 Å². The summed E-state index contributed by atoms with van der Waals surface area (Å²) in [5.41, 5.74) is 1.29. The molecule has 1 unspecified atom stereocenters. The Morgan fingerprint density at radius 2 is 2.55 bits per heavy atom. The number of rotatable bonds is 4. The van der Waals surface area contributed by atoms with Crippen LogP contribution in [0.1, 0.15) is 12.5 Å². The van der Waals surface area contributed by atoms with E-state index in [1.165, 1.54) is 5.56 Å². The van der Waals surface area contributed by atoms with Crippen molar-refractivity contribution in [2.24, 2.45) is 0 Å². The summed E-state index contributed by atoms with van der Waals surface area (Å²) in [6, 6.07) is 2.08. The second-order valence-corrected chi connectivity index (χ2v) is 3.39. The van der Waals surface area contributed by atoms with Crippen molar-refractivity contribution in [1.29, 1.82) is 0 Å². The molecule has 1 aromatic heterocycles. The van der Waals surface area contributed by atoms with Gasteiger partial charge in [0.2, 0.25) is 0 Å². The second kappa shape index (κ2) is 4.49. The molecule has 0 aliphatic heterocycles. The molecule has 0 saturated heterocycles. The van der Waals surface area contributed by atoms with Crippen LogP contribution in [-0.4, -0.2) is 17.8 Å². The van der Waals surface area contributed by atoms with E-state index in [1.54, 1.807) is 18.3 Å². The Balaban J connectivity index is 2.14. The molecule has 1 heterocycles. The molecule has 0 bridgehead atoms. The fourth-order valence-corrected chi connectivity index (χ4v) is 1.49. The van der Waals surface area contributed by atoms with Crippen molar-refractivity contribution in [3.63, 3.8) is 0 Å². The summed E-state index contributed by atoms with van der Waals surface area (Å²) >= 11 is 1.70. The summed E-state index contributed by atoms with van der Waals surface area (Å²) in [4.78, 5) is 0. The van der Waals surface area contributed by atoms with Gasteiger partial charge in [-0.15, -0.1) is 0 Å². The van der Waals surface area contributed by atoms with Crippen molar-refractivity contribution in [3.8, 4) is 0 Å². The van der Waals surface area contributed by atoms with Crippen molar-refractivity contribution in [1.82, 2.24) is 5.32 Å². The average Bonchev–Trinajstić information content (AvgIpc) is 2.39. The first-order chi connectivity index (χ1) is 5.29. The molecule has 62 valence electrons. The SMILES string of the molecule is CC(O)CNCc1ccsc1. The van der Waals surface area contributed by atoms with Crippen molar-refractivity contribution >= 4 is 11.3 Å². The van der Waals surface area contributed by atoms with Crippen LogP contribution < -0.4 is 5.32 Å². The molecular weight excluding hydrogens is 158 g/mol. The molecule has 0 aromatic carbocycles. The molecule has 0 saturated carbocycles. The number of thiophene rings is 1. The van der Waals surface area contributed by atoms with Gasteiger partial charge in [0.05, 0.1) is 6.10 Å². The van der Waals surface area contributed by atoms with E-state index in [0.717, 1.165) is 6.54 Å². The third-order valence-corrected chi connectivity index (χ3v) is 2.08. The molecule has 2 N–H and O–H groups in total. The van der Waals surface area contributed by atoms with E-state index in [2.05, 4.69) is 22.1 Å². The van der Waals surface area contributed by atoms with Gasteiger partial charge in [0.25, 0.3) is 0 Å². The van der Waals surface area contributed by atoms with E-state index in [4.69, 9.17) is 5.11 Å². The molecule has 0 spiro atoms. The summed E-state index contributed by atoms with van der Waals surface area (Å²) in [6.07, 6.45) is -0.256. The van der Waals surface area contributed by atoms with E-state index in [-0.39, 0.29) is 6.10 Å². The van der Waals surface area contributed by atoms with Crippen LogP contribution >= 0.6 is 11.3 Å². The van der Waals surface area contributed by atoms with E-state index in [0.29, 0.717) is 6.54 Å². The predicted molar refractivity (Wildman–Crippen MR) is 47.7 cm³/mol. The summed E-state index contributed by atoms with van der Waals surface area (Å²) in [5, 5.41) is 16.2. The lowest BCUT2D eigenvalue weighted by Gasteiger charge is -2.04. The molecule has 1 rings (SSSR count). The van der Waals surface area contributed by atoms with E-state index >= 15 is 0 Å². The minimum atomic E-state index is -0.256. The van der Waals surface area contributed by atoms with Crippen LogP contribution in [0.5, 0.6) is 0 Å². The largest absolute Gasteiger partial charge is 0.392 e. The van der Waals surface area contributed by atoms with Crippen LogP contribution in [0.15, 0.2) is 16.8 Å². The zero-order chi connectivity index (χ0) is 8.10. The van der Waals surface area contributed by atoms with Crippen molar-refractivity contribution < 1.29 is 5.11 Å². The van der Waals surface area contributed by atoms with E-state index in [9.17, 15) is 0 Å². The van der Waals surface area contributed by atoms with Gasteiger partial charge in [-0.3, -0.25) is 0 Å². The fourth-order valence-electron chi connectivity index (χ4n) is 0.819. The molecule has 0 aliphatic carbocycles. The molecule has 0 aliphatic rings. The first-order valence-corrected chi connectivity index (χ1v) is 4.63. The van der Waals surface area contributed by atoms with E-state index in [1.807, 2.05) is 0 Å². The molecule has 2 nitrogen and oxygen atoms in total. The van der Waals surface area contributed by atoms with Gasteiger partial charge in [-0.25, -0.2) is 0 Å². The highest BCUT2D eigenvalue weighted by Gasteiger charge is 1.94. The lowest BCUT2D eigenvalue weighted by molar-refractivity contribution is 0.191. The Morgan fingerprint density at radius 1 is 1.73 bits per heavy atom. The smallest absolute Gasteiger partial charge is 0.0636 e. The summed E-state index contributed by atoms with van der Waals surface area (Å²) < 4.78 is 0. The molecular formula is C8H13NOS. The standard InChI is InChI=1S/C8H13NOS/c1-7(10)4-9-5-8-2-3-11-6-8/h2-3,6-7,9-10H,4-5H2,1H3. The maximum absolute atomic E-state index is 8.92. The zero-order valence-corrected chi connectivity index (χ0v) is 7.40. The van der Waals surface area contributed by atoms with Gasteiger partial charge in [0.1, 0.15) is 0 Å². The summed E-state index contributed by atoms with van der Waals surface area (Å²) in [5.74, 6) is 0. The fraction of sp³-hybridized carbons (Fsp3) is 0.500. The van der Waals surface area contributed by atoms with Crippen LogP contribution in [0.25, 0.3) is 0 Å². The molecule has 11 heavy (non-hydrogen) atoms. The maximum Gasteiger partial charge on any atom is 0.0636 e. The molecule has 0 radical (unpaired) electrons. The van der Waals surface area contributed by atoms with Gasteiger partial charge < -0.3 is 10.4 Å². The molecule has 3 heteroatoms. The number of hydrogen-bond donors (Lipinski definition) is 2. The summed E-state index contributed by atoms with van der Waals surface area (Å²) in [7, 11) is 0. The minimum absolute atomic E-state index is 0.256. The lowest BCUT2D eigenvalue weighted by atomic mass is 10.3. The van der Waals surface area contributed by atoms with Gasteiger partial charge in [-0.2, -0.15) is 11.3 Å². The normalized spacial score (nSPS) is 13.3. The Morgan fingerprint density at radius 3 is 3.09 bits per heavy atom. The highest BCUT2D eigenvalue weighted by Crippen LogP contribution is 2.04. The van der Waals surface area contributed by atoms with Gasteiger partial charge in [-0.1, -0.05) is 0 Å². The average molecular weight is 171 g/mol. The quantitative estimate of drug-likeness (QED) is 0.714. The number of hydrogen-bond acceptors (Lipinski definition) is 3. The minimum Gasteiger partial charge on any atom is -0.392 e. The van der Waals surface area contributed by atoms with Crippen LogP contribution in [0.4, 0.5) is 0 Å². The van der Waals surface area contributed by atoms with Gasteiger partial charge >= 0.3 is 0 Å².